The molecule has 3 rings (SSSR count). The molecule has 0 spiro atoms. The lowest BCUT2D eigenvalue weighted by atomic mass is 9.98. The predicted octanol–water partition coefficient (Wildman–Crippen LogP) is 2.22. The maximum absolute atomic E-state index is 12.8. The van der Waals surface area contributed by atoms with E-state index in [-0.39, 0.29) is 34.8 Å². The quantitative estimate of drug-likeness (QED) is 0.867. The Morgan fingerprint density at radius 3 is 2.92 bits per heavy atom. The van der Waals surface area contributed by atoms with E-state index in [2.05, 4.69) is 10.2 Å². The van der Waals surface area contributed by atoms with Crippen LogP contribution in [0.1, 0.15) is 44.6 Å². The smallest absolute Gasteiger partial charge is 0.356 e. The SMILES string of the molecule is CC1Cc2[nH]nc(C(=O)O)c2CN1C(=O)c1ccc(Cl)c(C#N)c1. The van der Waals surface area contributed by atoms with Crippen molar-refractivity contribution in [3.63, 3.8) is 0 Å². The zero-order valence-electron chi connectivity index (χ0n) is 12.7. The number of halogens is 1. The lowest BCUT2D eigenvalue weighted by molar-refractivity contribution is 0.0636. The van der Waals surface area contributed by atoms with Crippen molar-refractivity contribution in [2.45, 2.75) is 25.9 Å². The largest absolute Gasteiger partial charge is 0.476 e. The summed E-state index contributed by atoms with van der Waals surface area (Å²) in [5, 5.41) is 25.1. The average Bonchev–Trinajstić information content (AvgIpc) is 2.96. The fourth-order valence-electron chi connectivity index (χ4n) is 2.83. The third-order valence-corrected chi connectivity index (χ3v) is 4.44. The normalized spacial score (nSPS) is 16.4. The van der Waals surface area contributed by atoms with Gasteiger partial charge in [0.2, 0.25) is 0 Å². The second-order valence-electron chi connectivity index (χ2n) is 5.63. The van der Waals surface area contributed by atoms with Gasteiger partial charge in [-0.3, -0.25) is 9.89 Å². The third-order valence-electron chi connectivity index (χ3n) is 4.11. The standard InChI is InChI=1S/C16H13ClN4O3/c1-8-4-13-11(14(16(23)24)20-19-13)7-21(8)15(22)9-2-3-12(17)10(5-9)6-18/h2-3,5,8H,4,7H2,1H3,(H,19,20)(H,23,24). The van der Waals surface area contributed by atoms with E-state index in [1.54, 1.807) is 11.0 Å². The van der Waals surface area contributed by atoms with Crippen LogP contribution in [0.5, 0.6) is 0 Å². The minimum atomic E-state index is -1.13. The third kappa shape index (κ3) is 2.61. The number of hydrogen-bond donors (Lipinski definition) is 2. The van der Waals surface area contributed by atoms with Gasteiger partial charge in [0.15, 0.2) is 5.69 Å². The number of aromatic nitrogens is 2. The average molecular weight is 345 g/mol. The predicted molar refractivity (Wildman–Crippen MR) is 84.8 cm³/mol. The summed E-state index contributed by atoms with van der Waals surface area (Å²) in [5.41, 5.74) is 1.75. The Morgan fingerprint density at radius 2 is 2.25 bits per heavy atom. The summed E-state index contributed by atoms with van der Waals surface area (Å²) < 4.78 is 0. The molecule has 1 unspecified atom stereocenters. The minimum Gasteiger partial charge on any atom is -0.476 e. The highest BCUT2D eigenvalue weighted by Crippen LogP contribution is 2.27. The van der Waals surface area contributed by atoms with E-state index in [0.717, 1.165) is 5.69 Å². The van der Waals surface area contributed by atoms with Crippen LogP contribution in [-0.2, 0) is 13.0 Å². The number of aromatic amines is 1. The van der Waals surface area contributed by atoms with Gasteiger partial charge >= 0.3 is 5.97 Å². The number of amides is 1. The maximum atomic E-state index is 12.8. The Kier molecular flexibility index (Phi) is 3.99. The Labute approximate surface area is 142 Å². The number of carboxylic acids is 1. The van der Waals surface area contributed by atoms with E-state index >= 15 is 0 Å². The lowest BCUT2D eigenvalue weighted by Gasteiger charge is -2.33. The first-order chi connectivity index (χ1) is 11.4. The summed E-state index contributed by atoms with van der Waals surface area (Å²) in [6.07, 6.45) is 0.486. The van der Waals surface area contributed by atoms with Gasteiger partial charge < -0.3 is 10.0 Å². The van der Waals surface area contributed by atoms with Crippen molar-refractivity contribution in [3.8, 4) is 6.07 Å². The fourth-order valence-corrected chi connectivity index (χ4v) is 2.99. The molecule has 8 heteroatoms. The molecule has 0 bridgehead atoms. The van der Waals surface area contributed by atoms with E-state index in [9.17, 15) is 14.7 Å². The zero-order chi connectivity index (χ0) is 17.4. The molecule has 1 aliphatic rings. The van der Waals surface area contributed by atoms with E-state index in [4.69, 9.17) is 16.9 Å². The molecule has 0 saturated carbocycles. The molecule has 24 heavy (non-hydrogen) atoms. The van der Waals surface area contributed by atoms with Crippen LogP contribution in [0.3, 0.4) is 0 Å². The number of aromatic carboxylic acids is 1. The molecule has 1 aromatic carbocycles. The van der Waals surface area contributed by atoms with E-state index in [1.807, 2.05) is 13.0 Å². The number of nitrogens with zero attached hydrogens (tertiary/aromatic N) is 3. The van der Waals surface area contributed by atoms with E-state index in [0.29, 0.717) is 17.5 Å². The first-order valence-electron chi connectivity index (χ1n) is 7.22. The van der Waals surface area contributed by atoms with Crippen LogP contribution in [0.2, 0.25) is 5.02 Å². The van der Waals surface area contributed by atoms with Crippen molar-refractivity contribution < 1.29 is 14.7 Å². The monoisotopic (exact) mass is 344 g/mol. The molecule has 0 radical (unpaired) electrons. The van der Waals surface area contributed by atoms with Gasteiger partial charge in [0, 0.05) is 29.3 Å². The van der Waals surface area contributed by atoms with Gasteiger partial charge in [-0.05, 0) is 25.1 Å². The Bertz CT molecular complexity index is 884. The summed E-state index contributed by atoms with van der Waals surface area (Å²) in [6.45, 7) is 2.03. The van der Waals surface area contributed by atoms with Crippen molar-refractivity contribution in [1.82, 2.24) is 15.1 Å². The molecule has 1 aliphatic heterocycles. The van der Waals surface area contributed by atoms with Gasteiger partial charge in [0.05, 0.1) is 17.1 Å². The summed E-state index contributed by atoms with van der Waals surface area (Å²) in [7, 11) is 0. The molecule has 122 valence electrons. The van der Waals surface area contributed by atoms with Gasteiger partial charge in [-0.15, -0.1) is 0 Å². The number of carboxylic acid groups (broad SMARTS) is 1. The number of nitrogens with one attached hydrogen (secondary N) is 1. The summed E-state index contributed by atoms with van der Waals surface area (Å²) in [6, 6.07) is 6.32. The Hall–Kier alpha value is -2.85. The molecule has 0 aliphatic carbocycles. The van der Waals surface area contributed by atoms with Crippen LogP contribution < -0.4 is 0 Å². The maximum Gasteiger partial charge on any atom is 0.356 e. The zero-order valence-corrected chi connectivity index (χ0v) is 13.5. The number of nitriles is 1. The molecule has 1 atom stereocenters. The topological polar surface area (TPSA) is 110 Å². The minimum absolute atomic E-state index is 0.0662. The second kappa shape index (κ2) is 5.98. The van der Waals surface area contributed by atoms with Gasteiger partial charge in [-0.2, -0.15) is 10.4 Å². The molecule has 1 aromatic heterocycles. The molecule has 1 amide bonds. The first kappa shape index (κ1) is 16.0. The van der Waals surface area contributed by atoms with Gasteiger partial charge in [-0.1, -0.05) is 11.6 Å². The highest BCUT2D eigenvalue weighted by atomic mass is 35.5. The number of fused-ring (bicyclic) bond motifs is 1. The molecule has 0 fully saturated rings. The Balaban J connectivity index is 1.94. The van der Waals surface area contributed by atoms with Crippen LogP contribution in [0.4, 0.5) is 0 Å². The van der Waals surface area contributed by atoms with Crippen molar-refractivity contribution in [1.29, 1.82) is 5.26 Å². The number of hydrogen-bond acceptors (Lipinski definition) is 4. The molecule has 0 saturated heterocycles. The highest BCUT2D eigenvalue weighted by Gasteiger charge is 2.32. The van der Waals surface area contributed by atoms with Crippen molar-refractivity contribution in [2.75, 3.05) is 0 Å². The number of carbonyl (C=O) groups excluding carboxylic acids is 1. The van der Waals surface area contributed by atoms with Crippen LogP contribution >= 0.6 is 11.6 Å². The molecule has 2 heterocycles. The number of benzene rings is 1. The van der Waals surface area contributed by atoms with Crippen molar-refractivity contribution >= 4 is 23.5 Å². The number of rotatable bonds is 2. The molecular weight excluding hydrogens is 332 g/mol. The van der Waals surface area contributed by atoms with E-state index in [1.165, 1.54) is 12.1 Å². The summed E-state index contributed by atoms with van der Waals surface area (Å²) >= 11 is 5.90. The van der Waals surface area contributed by atoms with Crippen LogP contribution in [0.15, 0.2) is 18.2 Å². The van der Waals surface area contributed by atoms with Gasteiger partial charge in [0.25, 0.3) is 5.91 Å². The van der Waals surface area contributed by atoms with E-state index < -0.39 is 5.97 Å². The summed E-state index contributed by atoms with van der Waals surface area (Å²) in [4.78, 5) is 25.6. The lowest BCUT2D eigenvalue weighted by Crippen LogP contribution is -2.42. The molecule has 2 aromatic rings. The summed E-state index contributed by atoms with van der Waals surface area (Å²) in [5.74, 6) is -1.41. The van der Waals surface area contributed by atoms with Gasteiger partial charge in [-0.25, -0.2) is 4.79 Å². The van der Waals surface area contributed by atoms with Crippen LogP contribution in [0, 0.1) is 11.3 Å². The number of H-pyrrole nitrogens is 1. The molecule has 2 N–H and O–H groups in total. The molecule has 7 nitrogen and oxygen atoms in total. The fraction of sp³-hybridized carbons (Fsp3) is 0.250. The second-order valence-corrected chi connectivity index (χ2v) is 6.03. The van der Waals surface area contributed by atoms with Gasteiger partial charge in [0.1, 0.15) is 6.07 Å². The van der Waals surface area contributed by atoms with Crippen molar-refractivity contribution in [3.05, 3.63) is 51.3 Å². The highest BCUT2D eigenvalue weighted by molar-refractivity contribution is 6.31. The first-order valence-corrected chi connectivity index (χ1v) is 7.60. The van der Waals surface area contributed by atoms with Crippen molar-refractivity contribution in [2.24, 2.45) is 0 Å². The number of carbonyl (C=O) groups is 2. The van der Waals surface area contributed by atoms with Crippen LogP contribution in [-0.4, -0.2) is 38.1 Å². The molecular formula is C16H13ClN4O3. The van der Waals surface area contributed by atoms with Crippen LogP contribution in [0.25, 0.3) is 0 Å². The Morgan fingerprint density at radius 1 is 1.50 bits per heavy atom.